The maximum atomic E-state index is 14.1. The number of aliphatic carboxylic acids is 2. The van der Waals surface area contributed by atoms with E-state index in [1.165, 1.54) is 19.4 Å². The highest BCUT2D eigenvalue weighted by molar-refractivity contribution is 7.59. The molecule has 0 spiro atoms. The monoisotopic (exact) mass is 1320 g/mol. The summed E-state index contributed by atoms with van der Waals surface area (Å²) in [6.45, 7) is 10.6. The van der Waals surface area contributed by atoms with E-state index in [0.717, 1.165) is 49.7 Å². The van der Waals surface area contributed by atoms with Crippen LogP contribution >= 0.6 is 54.0 Å². The van der Waals surface area contributed by atoms with Gasteiger partial charge in [-0.05, 0) is 103 Å². The van der Waals surface area contributed by atoms with E-state index in [1.54, 1.807) is 41.5 Å². The molecule has 2 saturated carbocycles. The molecule has 90 heavy (non-hydrogen) atoms. The van der Waals surface area contributed by atoms with Crippen molar-refractivity contribution in [3.05, 3.63) is 85.0 Å². The number of carboxylic acid groups (broad SMARTS) is 2. The predicted octanol–water partition coefficient (Wildman–Crippen LogP) is 6.16. The van der Waals surface area contributed by atoms with Crippen molar-refractivity contribution in [3.8, 4) is 22.8 Å². The topological polar surface area (TPSA) is 337 Å². The first-order chi connectivity index (χ1) is 40.9. The number of fused-ring (bicyclic) bond motifs is 4. The van der Waals surface area contributed by atoms with Gasteiger partial charge in [0.15, 0.2) is 0 Å². The van der Waals surface area contributed by atoms with Gasteiger partial charge in [0.25, 0.3) is 0 Å². The number of tetrazole rings is 2. The molecule has 2 aromatic heterocycles. The number of benzene rings is 2. The summed E-state index contributed by atoms with van der Waals surface area (Å²) in [5, 5.41) is 56.9. The smallest absolute Gasteiger partial charge is 0.408 e. The molecule has 4 fully saturated rings. The molecular formula is C60H86N14O12S4. The Hall–Kier alpha value is -7.18. The molecule has 6 heterocycles. The Bertz CT molecular complexity index is 3010. The van der Waals surface area contributed by atoms with Gasteiger partial charge in [-0.25, -0.2) is 19.2 Å². The van der Waals surface area contributed by atoms with Crippen LogP contribution < -0.4 is 21.3 Å². The van der Waals surface area contributed by atoms with Crippen molar-refractivity contribution in [2.75, 3.05) is 13.1 Å². The number of hydrogen-bond donors (Lipinski definition) is 6. The number of amides is 6. The summed E-state index contributed by atoms with van der Waals surface area (Å²) in [5.74, 6) is -4.08. The summed E-state index contributed by atoms with van der Waals surface area (Å²) < 4.78 is 10.9. The molecule has 4 aromatic rings. The van der Waals surface area contributed by atoms with E-state index in [1.807, 2.05) is 85.0 Å². The number of hydrogen-bond acceptors (Lipinski definition) is 16. The fourth-order valence-corrected chi connectivity index (χ4v) is 11.6. The highest BCUT2D eigenvalue weighted by atomic mass is 32.1. The maximum absolute atomic E-state index is 14.1. The van der Waals surface area contributed by atoms with Gasteiger partial charge in [-0.1, -0.05) is 111 Å². The van der Waals surface area contributed by atoms with Crippen molar-refractivity contribution in [2.45, 2.75) is 190 Å². The van der Waals surface area contributed by atoms with Gasteiger partial charge in [-0.2, -0.15) is 63.6 Å². The third-order valence-electron chi connectivity index (χ3n) is 16.2. The molecule has 492 valence electrons. The minimum atomic E-state index is -1.42. The normalized spacial score (nSPS) is 27.6. The molecule has 10 atom stereocenters. The predicted molar refractivity (Wildman–Crippen MR) is 350 cm³/mol. The van der Waals surface area contributed by atoms with E-state index >= 15 is 0 Å². The SMILES string of the molecule is CC(C)(C)OC(=O)N[C@@H]1CCCCC/C=C\[C@@H]2C[C@]2(C(=O)O)NC(=O)[C@@H]2C[C@H](n3nnc(-c4ccccc4)n3)CN2C1=O.CC(C)(C)OC(=O)N[C@@H]1CCCCC/C=C\[C@@H]2C[C@]2(C(=O)O)NC(=O)[C@@H]2C[C@H](n3nnc(-c4ccccc4)n3)CN2C1=O.S.S.S.S. The Morgan fingerprint density at radius 1 is 0.556 bits per heavy atom. The molecule has 6 amide bonds. The average molecular weight is 1320 g/mol. The first kappa shape index (κ1) is 73.6. The fraction of sp³-hybridized carbons (Fsp3) is 0.567. The highest BCUT2D eigenvalue weighted by Crippen LogP contribution is 2.47. The summed E-state index contributed by atoms with van der Waals surface area (Å²) in [6, 6.07) is 13.8. The van der Waals surface area contributed by atoms with Gasteiger partial charge in [0.2, 0.25) is 35.3 Å². The molecule has 30 heteroatoms. The Labute approximate surface area is 551 Å². The lowest BCUT2D eigenvalue weighted by Crippen LogP contribution is -2.56. The minimum Gasteiger partial charge on any atom is -0.479 e. The summed E-state index contributed by atoms with van der Waals surface area (Å²) in [5.41, 5.74) is -2.81. The van der Waals surface area contributed by atoms with Crippen LogP contribution in [0.3, 0.4) is 0 Å². The molecule has 0 unspecified atom stereocenters. The van der Waals surface area contributed by atoms with Crippen LogP contribution in [-0.2, 0) is 38.2 Å². The molecule has 26 nitrogen and oxygen atoms in total. The van der Waals surface area contributed by atoms with Crippen molar-refractivity contribution in [1.29, 1.82) is 0 Å². The van der Waals surface area contributed by atoms with Gasteiger partial charge >= 0.3 is 24.1 Å². The second kappa shape index (κ2) is 31.2. The standard InChI is InChI=1S/2C30H39N7O6.4H2S/c2*1-29(2,3)43-28(42)31-22-15-11-6-4-5-10-14-20-17-30(20,27(40)41)32-25(38)23-16-21(18-36(23)26(22)39)37-34-24(33-35-37)19-12-8-7-9-13-19;;;;/h2*7-10,12-14,20-23H,4-6,11,15-18H2,1-3H3,(H,31,42)(H,32,38)(H,40,41);4*1H2/b2*14-10-;;;;/t2*20-,21+,22-,23+,30+;;;;/m11..../s1. The third-order valence-corrected chi connectivity index (χ3v) is 16.2. The number of rotatable bonds is 8. The molecule has 0 bridgehead atoms. The van der Waals surface area contributed by atoms with Crippen LogP contribution in [0.1, 0.15) is 144 Å². The van der Waals surface area contributed by atoms with Gasteiger partial charge < -0.3 is 50.8 Å². The second-order valence-corrected chi connectivity index (χ2v) is 25.1. The summed E-state index contributed by atoms with van der Waals surface area (Å²) in [6.07, 6.45) is 14.0. The molecule has 10 rings (SSSR count). The number of carboxylic acids is 2. The number of allylic oxidation sites excluding steroid dienone is 2. The van der Waals surface area contributed by atoms with Crippen molar-refractivity contribution in [3.63, 3.8) is 0 Å². The average Bonchev–Trinajstić information content (AvgIpc) is 1.82. The third kappa shape index (κ3) is 18.1. The second-order valence-electron chi connectivity index (χ2n) is 25.1. The largest absolute Gasteiger partial charge is 0.479 e. The van der Waals surface area contributed by atoms with Crippen molar-refractivity contribution in [1.82, 2.24) is 71.5 Å². The Morgan fingerprint density at radius 3 is 1.27 bits per heavy atom. The van der Waals surface area contributed by atoms with Gasteiger partial charge in [0, 0.05) is 48.9 Å². The van der Waals surface area contributed by atoms with Gasteiger partial charge in [-0.15, -0.1) is 20.4 Å². The van der Waals surface area contributed by atoms with Crippen LogP contribution in [0.2, 0.25) is 0 Å². The van der Waals surface area contributed by atoms with Gasteiger partial charge in [0.05, 0.1) is 12.1 Å². The molecule has 2 aliphatic carbocycles. The molecule has 4 aliphatic heterocycles. The number of ether oxygens (including phenoxy) is 2. The molecule has 0 radical (unpaired) electrons. The van der Waals surface area contributed by atoms with Crippen LogP contribution in [0.25, 0.3) is 22.8 Å². The van der Waals surface area contributed by atoms with E-state index in [-0.39, 0.29) is 105 Å². The van der Waals surface area contributed by atoms with Crippen molar-refractivity contribution >= 4 is 102 Å². The molecule has 6 N–H and O–H groups in total. The number of alkyl carbamates (subject to hydrolysis) is 2. The number of carbonyl (C=O) groups is 8. The number of nitrogens with one attached hydrogen (secondary N) is 4. The van der Waals surface area contributed by atoms with Crippen LogP contribution in [0.4, 0.5) is 9.59 Å². The van der Waals surface area contributed by atoms with E-state index in [2.05, 4.69) is 52.1 Å². The minimum absolute atomic E-state index is 0. The molecule has 6 aliphatic rings. The van der Waals surface area contributed by atoms with Gasteiger partial charge in [-0.3, -0.25) is 19.2 Å². The molecular weight excluding hydrogens is 1240 g/mol. The highest BCUT2D eigenvalue weighted by Gasteiger charge is 2.63. The summed E-state index contributed by atoms with van der Waals surface area (Å²) in [7, 11) is 0. The van der Waals surface area contributed by atoms with Gasteiger partial charge in [0.1, 0.15) is 46.4 Å². The maximum Gasteiger partial charge on any atom is 0.408 e. The van der Waals surface area contributed by atoms with E-state index < -0.39 is 106 Å². The lowest BCUT2D eigenvalue weighted by Gasteiger charge is -2.30. The summed E-state index contributed by atoms with van der Waals surface area (Å²) in [4.78, 5) is 111. The zero-order chi connectivity index (χ0) is 61.6. The fourth-order valence-electron chi connectivity index (χ4n) is 11.6. The van der Waals surface area contributed by atoms with Crippen LogP contribution in [0, 0.1) is 11.8 Å². The number of aromatic nitrogens is 8. The van der Waals surface area contributed by atoms with E-state index in [4.69, 9.17) is 9.47 Å². The summed E-state index contributed by atoms with van der Waals surface area (Å²) >= 11 is 0. The lowest BCUT2D eigenvalue weighted by molar-refractivity contribution is -0.146. The molecule has 2 aromatic carbocycles. The van der Waals surface area contributed by atoms with Crippen molar-refractivity contribution < 1.29 is 58.0 Å². The number of nitrogens with zero attached hydrogens (tertiary/aromatic N) is 10. The van der Waals surface area contributed by atoms with E-state index in [0.29, 0.717) is 37.3 Å². The molecule has 2 saturated heterocycles. The Kier molecular flexibility index (Phi) is 25.5. The first-order valence-electron chi connectivity index (χ1n) is 29.7. The zero-order valence-corrected chi connectivity index (χ0v) is 55.5. The van der Waals surface area contributed by atoms with Crippen molar-refractivity contribution in [2.24, 2.45) is 11.8 Å². The van der Waals surface area contributed by atoms with E-state index in [9.17, 15) is 48.6 Å². The first-order valence-corrected chi connectivity index (χ1v) is 29.7. The lowest BCUT2D eigenvalue weighted by atomic mass is 10.0. The number of carbonyl (C=O) groups excluding carboxylic acids is 6. The van der Waals surface area contributed by atoms with Crippen LogP contribution in [0.15, 0.2) is 85.0 Å². The zero-order valence-electron chi connectivity index (χ0n) is 51.5. The Morgan fingerprint density at radius 2 is 0.922 bits per heavy atom. The quantitative estimate of drug-likeness (QED) is 0.108. The van der Waals surface area contributed by atoms with Crippen LogP contribution in [-0.4, -0.2) is 168 Å². The van der Waals surface area contributed by atoms with Crippen LogP contribution in [0.5, 0.6) is 0 Å². The Balaban J connectivity index is 0.000000313.